The molecule has 46 valence electrons. The zero-order valence-electron chi connectivity index (χ0n) is 4.63. The second kappa shape index (κ2) is 4.71. The highest BCUT2D eigenvalue weighted by Crippen LogP contribution is 1.79. The van der Waals surface area contributed by atoms with Gasteiger partial charge in [0.05, 0.1) is 7.11 Å². The molecule has 0 aliphatic rings. The fourth-order valence-corrected chi connectivity index (χ4v) is 0.322. The normalized spacial score (nSPS) is 9.75. The summed E-state index contributed by atoms with van der Waals surface area (Å²) in [5, 5.41) is 0. The van der Waals surface area contributed by atoms with E-state index in [-0.39, 0.29) is 5.97 Å². The molecule has 0 rings (SSSR count). The molecular weight excluding hydrogens is 124 g/mol. The molecule has 0 unspecified atom stereocenters. The van der Waals surface area contributed by atoms with Crippen LogP contribution < -0.4 is 0 Å². The Morgan fingerprint density at radius 2 is 2.50 bits per heavy atom. The average Bonchev–Trinajstić information content (AvgIpc) is 1.83. The van der Waals surface area contributed by atoms with Crippen molar-refractivity contribution in [1.82, 2.24) is 0 Å². The predicted octanol–water partition coefficient (Wildman–Crippen LogP) is 0.645. The van der Waals surface area contributed by atoms with Crippen LogP contribution in [0.1, 0.15) is 0 Å². The van der Waals surface area contributed by atoms with Gasteiger partial charge >= 0.3 is 5.97 Å². The highest BCUT2D eigenvalue weighted by atomic mass is 32.1. The number of carbonyl (C=O) groups excluding carboxylic acids is 1. The van der Waals surface area contributed by atoms with Crippen molar-refractivity contribution in [3.63, 3.8) is 0 Å². The fourth-order valence-electron chi connectivity index (χ4n) is 0.217. The molecule has 0 atom stereocenters. The van der Waals surface area contributed by atoms with Crippen molar-refractivity contribution in [2.24, 2.45) is 0 Å². The van der Waals surface area contributed by atoms with E-state index in [9.17, 15) is 4.79 Å². The lowest BCUT2D eigenvalue weighted by Gasteiger charge is -1.85. The highest BCUT2D eigenvalue weighted by Gasteiger charge is 1.85. The van der Waals surface area contributed by atoms with Gasteiger partial charge in [-0.1, -0.05) is 6.08 Å². The van der Waals surface area contributed by atoms with Crippen LogP contribution in [-0.2, 0) is 9.53 Å². The molecule has 0 aromatic heterocycles. The Labute approximate surface area is 53.9 Å². The van der Waals surface area contributed by atoms with E-state index < -0.39 is 0 Å². The summed E-state index contributed by atoms with van der Waals surface area (Å²) in [4.78, 5) is 10.2. The zero-order valence-corrected chi connectivity index (χ0v) is 5.52. The Morgan fingerprint density at radius 1 is 1.88 bits per heavy atom. The molecule has 0 radical (unpaired) electrons. The molecule has 0 N–H and O–H groups in total. The lowest BCUT2D eigenvalue weighted by atomic mass is 10.5. The van der Waals surface area contributed by atoms with Gasteiger partial charge < -0.3 is 4.74 Å². The maximum Gasteiger partial charge on any atom is 0.330 e. The number of carbonyl (C=O) groups is 1. The van der Waals surface area contributed by atoms with Gasteiger partial charge in [-0.15, -0.1) is 0 Å². The minimum atomic E-state index is -0.334. The summed E-state index contributed by atoms with van der Waals surface area (Å²) in [5.41, 5.74) is 0. The summed E-state index contributed by atoms with van der Waals surface area (Å²) in [5.74, 6) is 0.230. The first-order chi connectivity index (χ1) is 3.81. The quantitative estimate of drug-likeness (QED) is 0.339. The second-order valence-corrected chi connectivity index (χ2v) is 1.47. The molecule has 0 aromatic rings. The summed E-state index contributed by atoms with van der Waals surface area (Å²) in [6.07, 6.45) is 2.96. The minimum absolute atomic E-state index is 0.334. The molecule has 3 heteroatoms. The van der Waals surface area contributed by atoms with Gasteiger partial charge in [-0.25, -0.2) is 4.79 Å². The maximum absolute atomic E-state index is 10.2. The summed E-state index contributed by atoms with van der Waals surface area (Å²) >= 11 is 3.84. The molecule has 2 nitrogen and oxygen atoms in total. The van der Waals surface area contributed by atoms with E-state index in [0.717, 1.165) is 0 Å². The van der Waals surface area contributed by atoms with Gasteiger partial charge in [0.2, 0.25) is 0 Å². The largest absolute Gasteiger partial charge is 0.466 e. The standard InChI is InChI=1S/C5H8O2S/c1-7-5(6)3-2-4-8/h2-3,8H,4H2,1H3. The molecule has 0 saturated carbocycles. The van der Waals surface area contributed by atoms with Crippen molar-refractivity contribution in [3.05, 3.63) is 12.2 Å². The number of methoxy groups -OCH3 is 1. The summed E-state index contributed by atoms with van der Waals surface area (Å²) in [6, 6.07) is 0. The molecule has 0 fully saturated rings. The minimum Gasteiger partial charge on any atom is -0.466 e. The Bertz CT molecular complexity index is 98.6. The van der Waals surface area contributed by atoms with E-state index in [0.29, 0.717) is 5.75 Å². The molecule has 0 spiro atoms. The Morgan fingerprint density at radius 3 is 2.88 bits per heavy atom. The molecule has 0 heterocycles. The summed E-state index contributed by atoms with van der Waals surface area (Å²) in [7, 11) is 1.34. The number of hydrogen-bond donors (Lipinski definition) is 1. The maximum atomic E-state index is 10.2. The molecule has 0 aliphatic heterocycles. The number of thiol groups is 1. The third-order valence-electron chi connectivity index (χ3n) is 0.561. The van der Waals surface area contributed by atoms with Gasteiger partial charge in [0.15, 0.2) is 0 Å². The van der Waals surface area contributed by atoms with E-state index in [1.807, 2.05) is 0 Å². The third kappa shape index (κ3) is 3.74. The molecule has 0 aliphatic carbocycles. The topological polar surface area (TPSA) is 26.3 Å². The smallest absolute Gasteiger partial charge is 0.330 e. The van der Waals surface area contributed by atoms with E-state index >= 15 is 0 Å². The first-order valence-electron chi connectivity index (χ1n) is 2.16. The van der Waals surface area contributed by atoms with Crippen molar-refractivity contribution in [3.8, 4) is 0 Å². The van der Waals surface area contributed by atoms with Crippen LogP contribution in [0.5, 0.6) is 0 Å². The Balaban J connectivity index is 3.37. The van der Waals surface area contributed by atoms with Crippen LogP contribution in [0.25, 0.3) is 0 Å². The van der Waals surface area contributed by atoms with Crippen LogP contribution in [0.4, 0.5) is 0 Å². The number of hydrogen-bond acceptors (Lipinski definition) is 3. The number of rotatable bonds is 2. The predicted molar refractivity (Wildman–Crippen MR) is 35.0 cm³/mol. The number of esters is 1. The molecule has 0 amide bonds. The second-order valence-electron chi connectivity index (χ2n) is 1.11. The van der Waals surface area contributed by atoms with Gasteiger partial charge in [-0.2, -0.15) is 12.6 Å². The molecule has 8 heavy (non-hydrogen) atoms. The molecule has 0 aromatic carbocycles. The molecular formula is C5H8O2S. The third-order valence-corrected chi connectivity index (χ3v) is 0.771. The zero-order chi connectivity index (χ0) is 6.41. The van der Waals surface area contributed by atoms with Crippen LogP contribution in [0.2, 0.25) is 0 Å². The van der Waals surface area contributed by atoms with E-state index in [2.05, 4.69) is 17.4 Å². The lowest BCUT2D eigenvalue weighted by Crippen LogP contribution is -1.93. The van der Waals surface area contributed by atoms with Crippen molar-refractivity contribution < 1.29 is 9.53 Å². The van der Waals surface area contributed by atoms with Gasteiger partial charge in [0, 0.05) is 11.8 Å². The van der Waals surface area contributed by atoms with Crippen molar-refractivity contribution in [1.29, 1.82) is 0 Å². The summed E-state index contributed by atoms with van der Waals surface area (Å²) < 4.78 is 4.29. The van der Waals surface area contributed by atoms with Crippen LogP contribution in [0.15, 0.2) is 12.2 Å². The highest BCUT2D eigenvalue weighted by molar-refractivity contribution is 7.80. The number of ether oxygens (including phenoxy) is 1. The lowest BCUT2D eigenvalue weighted by molar-refractivity contribution is -0.134. The average molecular weight is 132 g/mol. The van der Waals surface area contributed by atoms with Crippen molar-refractivity contribution >= 4 is 18.6 Å². The van der Waals surface area contributed by atoms with Gasteiger partial charge in [0.25, 0.3) is 0 Å². The van der Waals surface area contributed by atoms with E-state index in [1.54, 1.807) is 6.08 Å². The van der Waals surface area contributed by atoms with Crippen molar-refractivity contribution in [2.45, 2.75) is 0 Å². The monoisotopic (exact) mass is 132 g/mol. The van der Waals surface area contributed by atoms with Gasteiger partial charge in [-0.05, 0) is 0 Å². The van der Waals surface area contributed by atoms with Gasteiger partial charge in [-0.3, -0.25) is 0 Å². The Hall–Kier alpha value is -0.440. The van der Waals surface area contributed by atoms with Crippen LogP contribution >= 0.6 is 12.6 Å². The van der Waals surface area contributed by atoms with E-state index in [4.69, 9.17) is 0 Å². The first kappa shape index (κ1) is 7.56. The Kier molecular flexibility index (Phi) is 4.45. The first-order valence-corrected chi connectivity index (χ1v) is 2.80. The fraction of sp³-hybridized carbons (Fsp3) is 0.400. The van der Waals surface area contributed by atoms with Crippen molar-refractivity contribution in [2.75, 3.05) is 12.9 Å². The van der Waals surface area contributed by atoms with Crippen LogP contribution in [-0.4, -0.2) is 18.8 Å². The molecule has 0 bridgehead atoms. The summed E-state index contributed by atoms with van der Waals surface area (Å²) in [6.45, 7) is 0. The molecule has 0 saturated heterocycles. The van der Waals surface area contributed by atoms with Crippen LogP contribution in [0, 0.1) is 0 Å². The SMILES string of the molecule is COC(=O)C=CCS. The van der Waals surface area contributed by atoms with E-state index in [1.165, 1.54) is 13.2 Å². The van der Waals surface area contributed by atoms with Crippen LogP contribution in [0.3, 0.4) is 0 Å². The van der Waals surface area contributed by atoms with Gasteiger partial charge in [0.1, 0.15) is 0 Å².